The van der Waals surface area contributed by atoms with E-state index >= 15 is 0 Å². The van der Waals surface area contributed by atoms with Crippen molar-refractivity contribution in [1.82, 2.24) is 14.9 Å². The Morgan fingerprint density at radius 1 is 1.10 bits per heavy atom. The highest BCUT2D eigenvalue weighted by molar-refractivity contribution is 7.99. The first kappa shape index (κ1) is 21.4. The maximum Gasteiger partial charge on any atom is 0.321 e. The van der Waals surface area contributed by atoms with Crippen LogP contribution in [0.4, 0.5) is 10.5 Å². The quantitative estimate of drug-likeness (QED) is 0.537. The molecule has 1 heterocycles. The zero-order chi connectivity index (χ0) is 21.3. The molecule has 3 rings (SSSR count). The number of hydrogen-bond acceptors (Lipinski definition) is 6. The number of amides is 2. The Balaban J connectivity index is 1.49. The monoisotopic (exact) mass is 424 g/mol. The van der Waals surface area contributed by atoms with Gasteiger partial charge in [-0.05, 0) is 72.8 Å². The van der Waals surface area contributed by atoms with E-state index in [4.69, 9.17) is 9.47 Å². The third-order valence-electron chi connectivity index (χ3n) is 4.29. The van der Waals surface area contributed by atoms with E-state index in [0.29, 0.717) is 18.3 Å². The minimum atomic E-state index is -0.191. The minimum absolute atomic E-state index is 0.191. The predicted octanol–water partition coefficient (Wildman–Crippen LogP) is 4.49. The summed E-state index contributed by atoms with van der Waals surface area (Å²) in [6, 6.07) is 14.8. The summed E-state index contributed by atoms with van der Waals surface area (Å²) >= 11 is 1.48. The van der Waals surface area contributed by atoms with E-state index in [2.05, 4.69) is 15.3 Å². The third-order valence-corrected chi connectivity index (χ3v) is 5.18. The fraction of sp³-hybridized carbons (Fsp3) is 0.227. The Morgan fingerprint density at radius 3 is 2.47 bits per heavy atom. The molecule has 1 aromatic heterocycles. The van der Waals surface area contributed by atoms with Gasteiger partial charge in [0.05, 0.1) is 13.7 Å². The number of ether oxygens (including phenoxy) is 2. The molecule has 0 bridgehead atoms. The van der Waals surface area contributed by atoms with Crippen LogP contribution < -0.4 is 14.8 Å². The molecule has 7 nitrogen and oxygen atoms in total. The zero-order valence-electron chi connectivity index (χ0n) is 17.2. The predicted molar refractivity (Wildman–Crippen MR) is 117 cm³/mol. The van der Waals surface area contributed by atoms with Crippen LogP contribution in [0.2, 0.25) is 0 Å². The molecule has 8 heteroatoms. The smallest absolute Gasteiger partial charge is 0.321 e. The number of carbonyl (C=O) groups excluding carboxylic acids is 1. The highest BCUT2D eigenvalue weighted by Gasteiger charge is 2.11. The fourth-order valence-corrected chi connectivity index (χ4v) is 3.38. The Morgan fingerprint density at radius 2 is 1.80 bits per heavy atom. The van der Waals surface area contributed by atoms with Gasteiger partial charge in [-0.3, -0.25) is 0 Å². The second-order valence-corrected chi connectivity index (χ2v) is 7.53. The van der Waals surface area contributed by atoms with Gasteiger partial charge in [-0.25, -0.2) is 14.8 Å². The largest absolute Gasteiger partial charge is 0.497 e. The van der Waals surface area contributed by atoms with Crippen LogP contribution in [0.25, 0.3) is 0 Å². The molecule has 3 aromatic rings. The number of rotatable bonds is 8. The summed E-state index contributed by atoms with van der Waals surface area (Å²) in [5.74, 6) is 1.51. The molecule has 0 atom stereocenters. The molecular weight excluding hydrogens is 400 g/mol. The van der Waals surface area contributed by atoms with E-state index in [-0.39, 0.29) is 6.03 Å². The van der Waals surface area contributed by atoms with E-state index in [0.717, 1.165) is 27.6 Å². The molecule has 0 saturated heterocycles. The molecular formula is C22H24N4O3S. The van der Waals surface area contributed by atoms with Gasteiger partial charge in [-0.15, -0.1) is 0 Å². The van der Waals surface area contributed by atoms with E-state index in [1.54, 1.807) is 37.5 Å². The lowest BCUT2D eigenvalue weighted by molar-refractivity contribution is 0.207. The van der Waals surface area contributed by atoms with Crippen molar-refractivity contribution in [3.8, 4) is 11.5 Å². The van der Waals surface area contributed by atoms with Crippen molar-refractivity contribution in [3.05, 3.63) is 66.5 Å². The number of aryl methyl sites for hydroxylation is 1. The van der Waals surface area contributed by atoms with Crippen molar-refractivity contribution in [3.63, 3.8) is 0 Å². The van der Waals surface area contributed by atoms with Gasteiger partial charge < -0.3 is 19.7 Å². The summed E-state index contributed by atoms with van der Waals surface area (Å²) in [5.41, 5.74) is 1.73. The molecule has 0 aliphatic carbocycles. The average Bonchev–Trinajstić information content (AvgIpc) is 2.76. The van der Waals surface area contributed by atoms with E-state index in [1.165, 1.54) is 11.8 Å². The van der Waals surface area contributed by atoms with Crippen LogP contribution in [0.5, 0.6) is 11.5 Å². The van der Waals surface area contributed by atoms with Crippen LogP contribution in [-0.4, -0.2) is 48.2 Å². The van der Waals surface area contributed by atoms with Gasteiger partial charge in [0.15, 0.2) is 5.16 Å². The molecule has 0 aliphatic heterocycles. The lowest BCUT2D eigenvalue weighted by Crippen LogP contribution is -2.34. The number of urea groups is 1. The highest BCUT2D eigenvalue weighted by Crippen LogP contribution is 2.28. The van der Waals surface area contributed by atoms with Crippen LogP contribution in [-0.2, 0) is 0 Å². The number of nitrogens with one attached hydrogen (secondary N) is 1. The van der Waals surface area contributed by atoms with Crippen molar-refractivity contribution < 1.29 is 14.3 Å². The molecule has 30 heavy (non-hydrogen) atoms. The molecule has 0 spiro atoms. The lowest BCUT2D eigenvalue weighted by Gasteiger charge is -2.19. The van der Waals surface area contributed by atoms with Crippen LogP contribution >= 0.6 is 11.8 Å². The summed E-state index contributed by atoms with van der Waals surface area (Å²) in [6.07, 6.45) is 3.43. The van der Waals surface area contributed by atoms with Crippen LogP contribution in [0.3, 0.4) is 0 Å². The first-order valence-corrected chi connectivity index (χ1v) is 10.2. The number of methoxy groups -OCH3 is 1. The number of hydrogen-bond donors (Lipinski definition) is 1. The van der Waals surface area contributed by atoms with Gasteiger partial charge in [0.1, 0.15) is 18.1 Å². The van der Waals surface area contributed by atoms with Gasteiger partial charge in [-0.1, -0.05) is 0 Å². The zero-order valence-corrected chi connectivity index (χ0v) is 18.0. The Bertz CT molecular complexity index is 968. The summed E-state index contributed by atoms with van der Waals surface area (Å²) in [7, 11) is 3.36. The van der Waals surface area contributed by atoms with Crippen molar-refractivity contribution in [2.75, 3.05) is 32.6 Å². The number of aromatic nitrogens is 2. The number of benzene rings is 2. The molecule has 156 valence electrons. The summed E-state index contributed by atoms with van der Waals surface area (Å²) in [4.78, 5) is 23.5. The minimum Gasteiger partial charge on any atom is -0.497 e. The number of nitrogens with zero attached hydrogens (tertiary/aromatic N) is 3. The lowest BCUT2D eigenvalue weighted by atomic mass is 10.2. The van der Waals surface area contributed by atoms with Crippen molar-refractivity contribution >= 4 is 23.5 Å². The van der Waals surface area contributed by atoms with Crippen molar-refractivity contribution in [2.45, 2.75) is 17.0 Å². The SMILES string of the molecule is COc1ccc(OCCN(C)C(=O)Nc2ccc(Sc3ncccn3)cc2C)cc1. The number of carbonyl (C=O) groups is 1. The summed E-state index contributed by atoms with van der Waals surface area (Å²) in [6.45, 7) is 2.80. The molecule has 0 unspecified atom stereocenters. The van der Waals surface area contributed by atoms with Gasteiger partial charge >= 0.3 is 6.03 Å². The van der Waals surface area contributed by atoms with Gasteiger partial charge in [0.25, 0.3) is 0 Å². The normalized spacial score (nSPS) is 10.4. The average molecular weight is 425 g/mol. The third kappa shape index (κ3) is 6.12. The van der Waals surface area contributed by atoms with Gasteiger partial charge in [0, 0.05) is 30.0 Å². The maximum atomic E-state index is 12.5. The standard InChI is InChI=1S/C22H24N4O3S/c1-16-15-19(30-21-23-11-4-12-24-21)9-10-20(16)25-22(27)26(2)13-14-29-18-7-5-17(28-3)6-8-18/h4-12,15H,13-14H2,1-3H3,(H,25,27). The number of likely N-dealkylation sites (N-methyl/N-ethyl adjacent to an activating group) is 1. The van der Waals surface area contributed by atoms with Crippen molar-refractivity contribution in [2.24, 2.45) is 0 Å². The van der Waals surface area contributed by atoms with Crippen LogP contribution in [0.15, 0.2) is 71.0 Å². The topological polar surface area (TPSA) is 76.6 Å². The Labute approximate surface area is 180 Å². The maximum absolute atomic E-state index is 12.5. The van der Waals surface area contributed by atoms with Gasteiger partial charge in [-0.2, -0.15) is 0 Å². The first-order chi connectivity index (χ1) is 14.5. The Hall–Kier alpha value is -3.26. The summed E-state index contributed by atoms with van der Waals surface area (Å²) < 4.78 is 10.8. The highest BCUT2D eigenvalue weighted by atomic mass is 32.2. The fourth-order valence-electron chi connectivity index (χ4n) is 2.57. The molecule has 1 N–H and O–H groups in total. The Kier molecular flexibility index (Phi) is 7.51. The molecule has 0 fully saturated rings. The second-order valence-electron chi connectivity index (χ2n) is 6.49. The molecule has 2 aromatic carbocycles. The summed E-state index contributed by atoms with van der Waals surface area (Å²) in [5, 5.41) is 3.62. The second kappa shape index (κ2) is 10.5. The van der Waals surface area contributed by atoms with Crippen LogP contribution in [0.1, 0.15) is 5.56 Å². The first-order valence-electron chi connectivity index (χ1n) is 9.39. The molecule has 0 saturated carbocycles. The molecule has 0 radical (unpaired) electrons. The van der Waals surface area contributed by atoms with Crippen LogP contribution in [0, 0.1) is 6.92 Å². The van der Waals surface area contributed by atoms with Gasteiger partial charge in [0.2, 0.25) is 0 Å². The van der Waals surface area contributed by atoms with Crippen molar-refractivity contribution in [1.29, 1.82) is 0 Å². The molecule has 0 aliphatic rings. The molecule has 2 amide bonds. The van der Waals surface area contributed by atoms with E-state index < -0.39 is 0 Å². The number of anilines is 1. The van der Waals surface area contributed by atoms with E-state index in [1.807, 2.05) is 49.4 Å². The van der Waals surface area contributed by atoms with E-state index in [9.17, 15) is 4.79 Å².